The third-order valence-corrected chi connectivity index (χ3v) is 8.25. The highest BCUT2D eigenvalue weighted by atomic mass is 16.5. The maximum Gasteiger partial charge on any atom is 0.407 e. The lowest BCUT2D eigenvalue weighted by Gasteiger charge is -2.25. The Labute approximate surface area is 298 Å². The minimum Gasteiger partial charge on any atom is -0.488 e. The lowest BCUT2D eigenvalue weighted by Crippen LogP contribution is -2.57. The summed E-state index contributed by atoms with van der Waals surface area (Å²) in [5, 5.41) is 19.6. The molecule has 3 aromatic rings. The van der Waals surface area contributed by atoms with E-state index in [1.807, 2.05) is 83.1 Å². The SMILES string of the molecule is CC(C)C[C@H](NC(=O)CNC(=O)OCC1c2ccccc2-c2ccccc21)C(=O)N[C@@H](Cc1ccc(OC(C)(C)C)cc1)C(=O)N[C@@H](C)C(=O)O. The van der Waals surface area contributed by atoms with Gasteiger partial charge < -0.3 is 35.8 Å². The Bertz CT molecular complexity index is 1670. The fourth-order valence-corrected chi connectivity index (χ4v) is 5.89. The molecule has 0 spiro atoms. The van der Waals surface area contributed by atoms with Gasteiger partial charge in [0.15, 0.2) is 0 Å². The fourth-order valence-electron chi connectivity index (χ4n) is 5.89. The van der Waals surface area contributed by atoms with Gasteiger partial charge in [-0.1, -0.05) is 74.5 Å². The van der Waals surface area contributed by atoms with Crippen LogP contribution in [0.3, 0.4) is 0 Å². The number of hydrogen-bond donors (Lipinski definition) is 5. The number of rotatable bonds is 15. The van der Waals surface area contributed by atoms with Crippen LogP contribution in [0.2, 0.25) is 0 Å². The number of alkyl carbamates (subject to hydrolysis) is 1. The van der Waals surface area contributed by atoms with Gasteiger partial charge in [0.1, 0.15) is 42.6 Å². The van der Waals surface area contributed by atoms with Gasteiger partial charge in [0.05, 0.1) is 0 Å². The van der Waals surface area contributed by atoms with Gasteiger partial charge in [-0.3, -0.25) is 19.2 Å². The summed E-state index contributed by atoms with van der Waals surface area (Å²) < 4.78 is 11.4. The first-order valence-corrected chi connectivity index (χ1v) is 17.1. The maximum atomic E-state index is 13.6. The smallest absolute Gasteiger partial charge is 0.407 e. The molecular formula is C39H48N4O8. The van der Waals surface area contributed by atoms with E-state index < -0.39 is 60.1 Å². The topological polar surface area (TPSA) is 172 Å². The van der Waals surface area contributed by atoms with Gasteiger partial charge in [-0.25, -0.2) is 4.79 Å². The zero-order valence-corrected chi connectivity index (χ0v) is 29.9. The second-order valence-electron chi connectivity index (χ2n) is 14.1. The number of ether oxygens (including phenoxy) is 2. The van der Waals surface area contributed by atoms with E-state index in [0.717, 1.165) is 22.3 Å². The zero-order valence-electron chi connectivity index (χ0n) is 29.9. The Balaban J connectivity index is 1.37. The molecule has 5 N–H and O–H groups in total. The number of aliphatic carboxylic acids is 1. The van der Waals surface area contributed by atoms with E-state index in [4.69, 9.17) is 9.47 Å². The minimum atomic E-state index is -1.23. The average Bonchev–Trinajstić information content (AvgIpc) is 3.39. The van der Waals surface area contributed by atoms with E-state index in [1.165, 1.54) is 6.92 Å². The molecular weight excluding hydrogens is 652 g/mol. The van der Waals surface area contributed by atoms with Crippen molar-refractivity contribution in [1.82, 2.24) is 21.3 Å². The number of carbonyl (C=O) groups is 5. The van der Waals surface area contributed by atoms with Crippen molar-refractivity contribution in [1.29, 1.82) is 0 Å². The highest BCUT2D eigenvalue weighted by Crippen LogP contribution is 2.44. The second-order valence-corrected chi connectivity index (χ2v) is 14.1. The van der Waals surface area contributed by atoms with Crippen LogP contribution in [-0.2, 0) is 30.3 Å². The molecule has 0 aromatic heterocycles. The van der Waals surface area contributed by atoms with Crippen LogP contribution in [0.4, 0.5) is 4.79 Å². The summed E-state index contributed by atoms with van der Waals surface area (Å²) in [5.74, 6) is -2.72. The van der Waals surface area contributed by atoms with Gasteiger partial charge in [0, 0.05) is 12.3 Å². The van der Waals surface area contributed by atoms with Gasteiger partial charge in [0.2, 0.25) is 17.7 Å². The van der Waals surface area contributed by atoms with Crippen LogP contribution < -0.4 is 26.0 Å². The molecule has 12 nitrogen and oxygen atoms in total. The van der Waals surface area contributed by atoms with E-state index in [9.17, 15) is 29.1 Å². The summed E-state index contributed by atoms with van der Waals surface area (Å²) >= 11 is 0. The molecule has 4 amide bonds. The molecule has 3 atom stereocenters. The molecule has 0 saturated heterocycles. The molecule has 1 aliphatic carbocycles. The lowest BCUT2D eigenvalue weighted by molar-refractivity contribution is -0.141. The first-order valence-electron chi connectivity index (χ1n) is 17.1. The molecule has 0 fully saturated rings. The van der Waals surface area contributed by atoms with E-state index in [0.29, 0.717) is 11.3 Å². The summed E-state index contributed by atoms with van der Waals surface area (Å²) in [4.78, 5) is 63.9. The maximum absolute atomic E-state index is 13.6. The van der Waals surface area contributed by atoms with Crippen LogP contribution >= 0.6 is 0 Å². The molecule has 272 valence electrons. The largest absolute Gasteiger partial charge is 0.488 e. The summed E-state index contributed by atoms with van der Waals surface area (Å²) in [5.41, 5.74) is 4.58. The quantitative estimate of drug-likeness (QED) is 0.154. The Kier molecular flexibility index (Phi) is 12.8. The van der Waals surface area contributed by atoms with E-state index >= 15 is 0 Å². The molecule has 12 heteroatoms. The number of hydrogen-bond acceptors (Lipinski definition) is 7. The van der Waals surface area contributed by atoms with Crippen LogP contribution in [-0.4, -0.2) is 71.8 Å². The van der Waals surface area contributed by atoms with E-state index in [1.54, 1.807) is 24.3 Å². The fraction of sp³-hybridized carbons (Fsp3) is 0.410. The summed E-state index contributed by atoms with van der Waals surface area (Å²) in [6, 6.07) is 19.5. The number of fused-ring (bicyclic) bond motifs is 3. The van der Waals surface area contributed by atoms with Crippen LogP contribution in [0.25, 0.3) is 11.1 Å². The number of carboxylic acids is 1. The van der Waals surface area contributed by atoms with Crippen LogP contribution in [0.15, 0.2) is 72.8 Å². The molecule has 0 aliphatic heterocycles. The van der Waals surface area contributed by atoms with Crippen molar-refractivity contribution < 1.29 is 38.6 Å². The van der Waals surface area contributed by atoms with Crippen molar-refractivity contribution in [2.24, 2.45) is 5.92 Å². The Hall–Kier alpha value is -5.39. The van der Waals surface area contributed by atoms with E-state index in [-0.39, 0.29) is 31.3 Å². The zero-order chi connectivity index (χ0) is 37.3. The summed E-state index contributed by atoms with van der Waals surface area (Å²) in [6.07, 6.45) is -0.493. The summed E-state index contributed by atoms with van der Waals surface area (Å²) in [7, 11) is 0. The number of amides is 4. The second kappa shape index (κ2) is 17.0. The van der Waals surface area contributed by atoms with Crippen molar-refractivity contribution in [3.63, 3.8) is 0 Å². The van der Waals surface area contributed by atoms with Gasteiger partial charge in [-0.15, -0.1) is 0 Å². The molecule has 0 radical (unpaired) electrons. The number of benzene rings is 3. The Morgan fingerprint density at radius 3 is 1.88 bits per heavy atom. The highest BCUT2D eigenvalue weighted by molar-refractivity contribution is 5.94. The predicted octanol–water partition coefficient (Wildman–Crippen LogP) is 4.55. The van der Waals surface area contributed by atoms with Crippen molar-refractivity contribution in [2.45, 2.75) is 84.0 Å². The summed E-state index contributed by atoms with van der Waals surface area (Å²) in [6.45, 7) is 10.5. The number of carbonyl (C=O) groups excluding carboxylic acids is 4. The normalized spacial score (nSPS) is 13.9. The standard InChI is InChI=1S/C39H48N4O8/c1-23(2)19-32(36(46)43-33(35(45)41-24(3)37(47)48)20-25-15-17-26(18-16-25)51-39(4,5)6)42-34(44)21-40-38(49)50-22-31-29-13-9-7-11-27(29)28-12-8-10-14-30(28)31/h7-18,23-24,31-33H,19-22H2,1-6H3,(H,40,49)(H,41,45)(H,42,44)(H,43,46)(H,47,48)/t24-,32-,33-/m0/s1. The van der Waals surface area contributed by atoms with Crippen LogP contribution in [0.5, 0.6) is 5.75 Å². The average molecular weight is 701 g/mol. The van der Waals surface area contributed by atoms with Gasteiger partial charge >= 0.3 is 12.1 Å². The first-order chi connectivity index (χ1) is 24.1. The molecule has 3 aromatic carbocycles. The minimum absolute atomic E-state index is 0.0224. The van der Waals surface area contributed by atoms with Gasteiger partial charge in [-0.2, -0.15) is 0 Å². The lowest BCUT2D eigenvalue weighted by atomic mass is 9.98. The van der Waals surface area contributed by atoms with E-state index in [2.05, 4.69) is 21.3 Å². The van der Waals surface area contributed by atoms with Crippen LogP contribution in [0, 0.1) is 5.92 Å². The molecule has 0 saturated carbocycles. The Morgan fingerprint density at radius 2 is 1.33 bits per heavy atom. The molecule has 4 rings (SSSR count). The Morgan fingerprint density at radius 1 is 0.765 bits per heavy atom. The number of carboxylic acid groups (broad SMARTS) is 1. The highest BCUT2D eigenvalue weighted by Gasteiger charge is 2.31. The van der Waals surface area contributed by atoms with Crippen molar-refractivity contribution in [2.75, 3.05) is 13.2 Å². The van der Waals surface area contributed by atoms with Crippen LogP contribution in [0.1, 0.15) is 70.6 Å². The molecule has 0 heterocycles. The molecule has 0 bridgehead atoms. The van der Waals surface area contributed by atoms with Gasteiger partial charge in [-0.05, 0) is 80.0 Å². The molecule has 1 aliphatic rings. The molecule has 0 unspecified atom stereocenters. The predicted molar refractivity (Wildman–Crippen MR) is 192 cm³/mol. The van der Waals surface area contributed by atoms with Crippen molar-refractivity contribution in [3.8, 4) is 16.9 Å². The van der Waals surface area contributed by atoms with Crippen molar-refractivity contribution >= 4 is 29.8 Å². The van der Waals surface area contributed by atoms with Gasteiger partial charge in [0.25, 0.3) is 0 Å². The third kappa shape index (κ3) is 11.1. The van der Waals surface area contributed by atoms with Crippen molar-refractivity contribution in [3.05, 3.63) is 89.5 Å². The monoisotopic (exact) mass is 700 g/mol. The first kappa shape index (κ1) is 38.4. The molecule has 51 heavy (non-hydrogen) atoms. The third-order valence-electron chi connectivity index (χ3n) is 8.25. The number of nitrogens with one attached hydrogen (secondary N) is 4.